The number of carboxylic acids is 1. The first-order valence-corrected chi connectivity index (χ1v) is 11.7. The van der Waals surface area contributed by atoms with Crippen LogP contribution in [0.5, 0.6) is 0 Å². The smallest absolute Gasteiger partial charge is 0.303 e. The Morgan fingerprint density at radius 2 is 1.68 bits per heavy atom. The van der Waals surface area contributed by atoms with Gasteiger partial charge in [0.25, 0.3) is 0 Å². The fraction of sp³-hybridized carbons (Fsp3) is 0.958. The van der Waals surface area contributed by atoms with Gasteiger partial charge in [-0.15, -0.1) is 0 Å². The Bertz CT molecular complexity index is 605. The molecule has 1 unspecified atom stereocenters. The van der Waals surface area contributed by atoms with Crippen LogP contribution >= 0.6 is 0 Å². The molecule has 0 aromatic rings. The maximum absolute atomic E-state index is 11.2. The Morgan fingerprint density at radius 1 is 1.00 bits per heavy atom. The van der Waals surface area contributed by atoms with Crippen molar-refractivity contribution in [3.63, 3.8) is 0 Å². The fourth-order valence-electron chi connectivity index (χ4n) is 8.73. The van der Waals surface area contributed by atoms with E-state index in [1.807, 2.05) is 0 Å². The van der Waals surface area contributed by atoms with E-state index in [0.717, 1.165) is 32.1 Å². The highest BCUT2D eigenvalue weighted by atomic mass is 16.4. The number of hydrogen-bond acceptors (Lipinski definition) is 3. The fourth-order valence-corrected chi connectivity index (χ4v) is 8.73. The van der Waals surface area contributed by atoms with Crippen LogP contribution in [0.25, 0.3) is 0 Å². The molecule has 0 aromatic carbocycles. The molecule has 4 aliphatic carbocycles. The van der Waals surface area contributed by atoms with Gasteiger partial charge in [-0.3, -0.25) is 4.79 Å². The topological polar surface area (TPSA) is 77.8 Å². The van der Waals surface area contributed by atoms with Crippen LogP contribution < -0.4 is 0 Å². The molecule has 4 heteroatoms. The minimum atomic E-state index is -0.684. The molecule has 28 heavy (non-hydrogen) atoms. The molecule has 4 nitrogen and oxygen atoms in total. The van der Waals surface area contributed by atoms with E-state index < -0.39 is 5.97 Å². The zero-order valence-electron chi connectivity index (χ0n) is 17.9. The SMILES string of the molecule is C[C@H](CCC(=O)O)C1CC[C@H]2[C@H]3[C@H](O)C[C@@H]4C[C@H](O)CC[C@]4(C)[C@H]3CC[C@]12C. The zero-order chi connectivity index (χ0) is 20.3. The van der Waals surface area contributed by atoms with Gasteiger partial charge in [0.15, 0.2) is 0 Å². The van der Waals surface area contributed by atoms with Gasteiger partial charge in [0, 0.05) is 6.42 Å². The van der Waals surface area contributed by atoms with Gasteiger partial charge in [-0.1, -0.05) is 20.8 Å². The summed E-state index contributed by atoms with van der Waals surface area (Å²) in [6, 6.07) is 0. The number of hydrogen-bond donors (Lipinski definition) is 3. The third-order valence-corrected chi connectivity index (χ3v) is 10.2. The van der Waals surface area contributed by atoms with Gasteiger partial charge >= 0.3 is 5.97 Å². The number of aliphatic hydroxyl groups is 2. The van der Waals surface area contributed by atoms with Gasteiger partial charge in [0.05, 0.1) is 12.2 Å². The lowest BCUT2D eigenvalue weighted by molar-refractivity contribution is -0.174. The maximum atomic E-state index is 11.2. The van der Waals surface area contributed by atoms with Crippen molar-refractivity contribution >= 4 is 5.97 Å². The molecular formula is C24H40O4. The predicted octanol–water partition coefficient (Wildman–Crippen LogP) is 4.48. The number of carboxylic acid groups (broad SMARTS) is 1. The third kappa shape index (κ3) is 3.14. The average Bonchev–Trinajstić information content (AvgIpc) is 2.98. The molecule has 0 radical (unpaired) electrons. The Morgan fingerprint density at radius 3 is 2.39 bits per heavy atom. The first-order valence-electron chi connectivity index (χ1n) is 11.7. The molecule has 0 spiro atoms. The number of carbonyl (C=O) groups is 1. The molecule has 4 aliphatic rings. The molecule has 0 amide bonds. The number of rotatable bonds is 4. The van der Waals surface area contributed by atoms with Crippen LogP contribution in [-0.2, 0) is 4.79 Å². The van der Waals surface area contributed by atoms with E-state index in [2.05, 4.69) is 20.8 Å². The van der Waals surface area contributed by atoms with E-state index in [1.54, 1.807) is 0 Å². The highest BCUT2D eigenvalue weighted by Gasteiger charge is 2.62. The van der Waals surface area contributed by atoms with Crippen molar-refractivity contribution in [2.75, 3.05) is 0 Å². The second-order valence-electron chi connectivity index (χ2n) is 11.4. The molecule has 0 aliphatic heterocycles. The van der Waals surface area contributed by atoms with E-state index >= 15 is 0 Å². The second kappa shape index (κ2) is 7.27. The second-order valence-corrected chi connectivity index (χ2v) is 11.4. The Hall–Kier alpha value is -0.610. The monoisotopic (exact) mass is 392 g/mol. The summed E-state index contributed by atoms with van der Waals surface area (Å²) >= 11 is 0. The summed E-state index contributed by atoms with van der Waals surface area (Å²) in [4.78, 5) is 11.1. The lowest BCUT2D eigenvalue weighted by Crippen LogP contribution is -2.58. The van der Waals surface area contributed by atoms with Crippen LogP contribution in [0, 0.1) is 46.3 Å². The summed E-state index contributed by atoms with van der Waals surface area (Å²) in [6.07, 6.45) is 9.19. The third-order valence-electron chi connectivity index (χ3n) is 10.2. The Balaban J connectivity index is 1.55. The van der Waals surface area contributed by atoms with Crippen LogP contribution in [0.2, 0.25) is 0 Å². The number of aliphatic hydroxyl groups excluding tert-OH is 2. The summed E-state index contributed by atoms with van der Waals surface area (Å²) in [7, 11) is 0. The van der Waals surface area contributed by atoms with Crippen molar-refractivity contribution in [3.05, 3.63) is 0 Å². The largest absolute Gasteiger partial charge is 0.481 e. The van der Waals surface area contributed by atoms with Gasteiger partial charge in [-0.25, -0.2) is 0 Å². The first-order chi connectivity index (χ1) is 13.2. The lowest BCUT2D eigenvalue weighted by atomic mass is 9.43. The van der Waals surface area contributed by atoms with Crippen molar-refractivity contribution in [3.8, 4) is 0 Å². The lowest BCUT2D eigenvalue weighted by Gasteiger charge is -2.62. The molecule has 160 valence electrons. The quantitative estimate of drug-likeness (QED) is 0.659. The van der Waals surface area contributed by atoms with Crippen molar-refractivity contribution in [2.45, 2.75) is 97.2 Å². The minimum Gasteiger partial charge on any atom is -0.481 e. The molecule has 4 rings (SSSR count). The van der Waals surface area contributed by atoms with Gasteiger partial charge in [-0.2, -0.15) is 0 Å². The first kappa shape index (κ1) is 20.7. The Labute approximate surface area is 170 Å². The highest BCUT2D eigenvalue weighted by molar-refractivity contribution is 5.66. The van der Waals surface area contributed by atoms with Gasteiger partial charge < -0.3 is 15.3 Å². The molecular weight excluding hydrogens is 352 g/mol. The normalized spacial score (nSPS) is 51.7. The van der Waals surface area contributed by atoms with Gasteiger partial charge in [0.2, 0.25) is 0 Å². The number of fused-ring (bicyclic) bond motifs is 5. The van der Waals surface area contributed by atoms with Crippen LogP contribution in [0.3, 0.4) is 0 Å². The summed E-state index contributed by atoms with van der Waals surface area (Å²) < 4.78 is 0. The van der Waals surface area contributed by atoms with Crippen molar-refractivity contribution in [1.82, 2.24) is 0 Å². The predicted molar refractivity (Wildman–Crippen MR) is 109 cm³/mol. The summed E-state index contributed by atoms with van der Waals surface area (Å²) in [6.45, 7) is 7.16. The van der Waals surface area contributed by atoms with E-state index in [9.17, 15) is 15.0 Å². The minimum absolute atomic E-state index is 0.179. The van der Waals surface area contributed by atoms with E-state index in [4.69, 9.17) is 5.11 Å². The van der Waals surface area contributed by atoms with E-state index in [-0.39, 0.29) is 29.5 Å². The van der Waals surface area contributed by atoms with E-state index in [0.29, 0.717) is 35.5 Å². The van der Waals surface area contributed by atoms with Crippen molar-refractivity contribution in [1.29, 1.82) is 0 Å². The van der Waals surface area contributed by atoms with Crippen LogP contribution in [-0.4, -0.2) is 33.5 Å². The van der Waals surface area contributed by atoms with E-state index in [1.165, 1.54) is 25.7 Å². The highest BCUT2D eigenvalue weighted by Crippen LogP contribution is 2.68. The van der Waals surface area contributed by atoms with Gasteiger partial charge in [-0.05, 0) is 104 Å². The summed E-state index contributed by atoms with van der Waals surface area (Å²) in [5.41, 5.74) is 0.523. The zero-order valence-corrected chi connectivity index (χ0v) is 17.9. The van der Waals surface area contributed by atoms with Crippen LogP contribution in [0.4, 0.5) is 0 Å². The van der Waals surface area contributed by atoms with Crippen LogP contribution in [0.1, 0.15) is 85.0 Å². The van der Waals surface area contributed by atoms with Crippen molar-refractivity contribution in [2.24, 2.45) is 46.3 Å². The molecule has 4 saturated carbocycles. The Kier molecular flexibility index (Phi) is 5.36. The van der Waals surface area contributed by atoms with Gasteiger partial charge in [0.1, 0.15) is 0 Å². The molecule has 0 aromatic heterocycles. The average molecular weight is 393 g/mol. The summed E-state index contributed by atoms with van der Waals surface area (Å²) in [5.74, 6) is 2.36. The maximum Gasteiger partial charge on any atom is 0.303 e. The molecule has 0 heterocycles. The standard InChI is InChI=1S/C24H40O4/c1-14(4-7-21(27)28)17-5-6-18-22-19(9-11-24(17,18)3)23(2)10-8-16(25)12-15(23)13-20(22)26/h14-20,22,25-26H,4-13H2,1-3H3,(H,27,28)/t14-,15+,16-,17?,18+,19+,20-,22-,23+,24-/m1/s1. The summed E-state index contributed by atoms with van der Waals surface area (Å²) in [5, 5.41) is 30.5. The van der Waals surface area contributed by atoms with Crippen molar-refractivity contribution < 1.29 is 20.1 Å². The van der Waals surface area contributed by atoms with Crippen LogP contribution in [0.15, 0.2) is 0 Å². The molecule has 4 fully saturated rings. The number of aliphatic carboxylic acids is 1. The molecule has 0 saturated heterocycles. The molecule has 0 bridgehead atoms. The molecule has 3 N–H and O–H groups in total. The molecule has 10 atom stereocenters.